The topological polar surface area (TPSA) is 151 Å². The predicted octanol–water partition coefficient (Wildman–Crippen LogP) is 4.17. The Balaban J connectivity index is 2.47. The number of carbonyl (C=O) groups excluding carboxylic acids is 1. The first-order chi connectivity index (χ1) is 13.5. The summed E-state index contributed by atoms with van der Waals surface area (Å²) in [5.74, 6) is -0.557. The number of nitro groups is 1. The van der Waals surface area contributed by atoms with Crippen LogP contribution < -0.4 is 5.32 Å². The highest BCUT2D eigenvalue weighted by atomic mass is 32.2. The maximum Gasteiger partial charge on any atom is 0.295 e. The molecule has 0 unspecified atom stereocenters. The number of amides is 1. The zero-order chi connectivity index (χ0) is 21.8. The summed E-state index contributed by atoms with van der Waals surface area (Å²) in [5, 5.41) is 21.4. The maximum atomic E-state index is 12.5. The molecule has 2 aromatic rings. The van der Waals surface area contributed by atoms with Crippen LogP contribution in [0.4, 0.5) is 17.1 Å². The molecule has 0 aromatic heterocycles. The number of hydrogen-bond donors (Lipinski definition) is 2. The van der Waals surface area contributed by atoms with E-state index >= 15 is 0 Å². The molecule has 11 heteroatoms. The number of hydrogen-bond acceptors (Lipinski definition) is 7. The first-order valence-electron chi connectivity index (χ1n) is 8.23. The van der Waals surface area contributed by atoms with Crippen molar-refractivity contribution in [3.8, 4) is 0 Å². The number of benzene rings is 2. The lowest BCUT2D eigenvalue weighted by molar-refractivity contribution is -0.385. The monoisotopic (exact) mass is 418 g/mol. The molecule has 0 fully saturated rings. The molecule has 0 radical (unpaired) electrons. The van der Waals surface area contributed by atoms with Gasteiger partial charge in [-0.1, -0.05) is 18.2 Å². The molecule has 0 saturated heterocycles. The van der Waals surface area contributed by atoms with Gasteiger partial charge in [0, 0.05) is 17.8 Å². The number of nitro benzene ring substituents is 1. The second-order valence-electron chi connectivity index (χ2n) is 6.19. The van der Waals surface area contributed by atoms with Crippen LogP contribution in [-0.4, -0.2) is 23.8 Å². The number of carbonyl (C=O) groups is 1. The van der Waals surface area contributed by atoms with Gasteiger partial charge in [0.05, 0.1) is 10.6 Å². The molecule has 0 bridgehead atoms. The number of anilines is 1. The van der Waals surface area contributed by atoms with E-state index in [2.05, 4.69) is 15.5 Å². The van der Waals surface area contributed by atoms with Crippen LogP contribution in [0.2, 0.25) is 0 Å². The lowest BCUT2D eigenvalue weighted by Gasteiger charge is -2.08. The highest BCUT2D eigenvalue weighted by Crippen LogP contribution is 2.32. The molecule has 0 aliphatic carbocycles. The minimum absolute atomic E-state index is 0.0431. The predicted molar refractivity (Wildman–Crippen MR) is 106 cm³/mol. The van der Waals surface area contributed by atoms with Crippen molar-refractivity contribution < 1.29 is 22.7 Å². The molecule has 1 amide bonds. The van der Waals surface area contributed by atoms with Gasteiger partial charge in [0.15, 0.2) is 0 Å². The van der Waals surface area contributed by atoms with Crippen molar-refractivity contribution in [2.45, 2.75) is 25.7 Å². The molecule has 0 saturated carbocycles. The average molecular weight is 418 g/mol. The van der Waals surface area contributed by atoms with Gasteiger partial charge in [0.2, 0.25) is 0 Å². The Labute approximate surface area is 166 Å². The van der Waals surface area contributed by atoms with Gasteiger partial charge in [-0.05, 0) is 44.0 Å². The van der Waals surface area contributed by atoms with E-state index in [-0.39, 0.29) is 16.9 Å². The van der Waals surface area contributed by atoms with Crippen molar-refractivity contribution in [2.75, 3.05) is 5.32 Å². The van der Waals surface area contributed by atoms with Crippen LogP contribution >= 0.6 is 0 Å². The van der Waals surface area contributed by atoms with Crippen LogP contribution in [0, 0.1) is 17.0 Å². The average Bonchev–Trinajstić information content (AvgIpc) is 2.62. The van der Waals surface area contributed by atoms with E-state index in [1.54, 1.807) is 44.2 Å². The molecule has 0 spiro atoms. The van der Waals surface area contributed by atoms with Crippen molar-refractivity contribution in [1.82, 2.24) is 0 Å². The minimum atomic E-state index is -4.72. The Morgan fingerprint density at radius 1 is 1.17 bits per heavy atom. The lowest BCUT2D eigenvalue weighted by Crippen LogP contribution is -2.14. The van der Waals surface area contributed by atoms with Gasteiger partial charge in [0.1, 0.15) is 10.6 Å². The summed E-state index contributed by atoms with van der Waals surface area (Å²) in [7, 11) is -4.72. The zero-order valence-corrected chi connectivity index (χ0v) is 16.6. The molecule has 2 aromatic carbocycles. The minimum Gasteiger partial charge on any atom is -0.321 e. The lowest BCUT2D eigenvalue weighted by atomic mass is 10.2. The first-order valence-corrected chi connectivity index (χ1v) is 9.67. The maximum absolute atomic E-state index is 12.5. The Kier molecular flexibility index (Phi) is 6.56. The van der Waals surface area contributed by atoms with Gasteiger partial charge in [-0.25, -0.2) is 0 Å². The second kappa shape index (κ2) is 8.71. The summed E-state index contributed by atoms with van der Waals surface area (Å²) in [6.07, 6.45) is 0. The summed E-state index contributed by atoms with van der Waals surface area (Å²) in [6, 6.07) is 10.4. The number of nitrogens with one attached hydrogen (secondary N) is 1. The Bertz CT molecular complexity index is 1120. The third-order valence-electron chi connectivity index (χ3n) is 3.78. The fraction of sp³-hybridized carbons (Fsp3) is 0.167. The highest BCUT2D eigenvalue weighted by molar-refractivity contribution is 7.85. The van der Waals surface area contributed by atoms with Gasteiger partial charge >= 0.3 is 0 Å². The van der Waals surface area contributed by atoms with Crippen molar-refractivity contribution in [1.29, 1.82) is 0 Å². The molecule has 29 heavy (non-hydrogen) atoms. The SMILES string of the molecule is CC(C)=C(/N=N/c1cc([N+](=O)[O-])cc(S(=O)(=O)O)c1C)C(=O)Nc1ccccc1. The number of non-ortho nitro benzene ring substituents is 1. The van der Waals surface area contributed by atoms with Crippen molar-refractivity contribution in [3.05, 3.63) is 69.4 Å². The van der Waals surface area contributed by atoms with Crippen molar-refractivity contribution >= 4 is 33.1 Å². The normalized spacial score (nSPS) is 11.3. The van der Waals surface area contributed by atoms with Crippen molar-refractivity contribution in [3.63, 3.8) is 0 Å². The molecular weight excluding hydrogens is 400 g/mol. The second-order valence-corrected chi connectivity index (χ2v) is 7.58. The molecule has 2 N–H and O–H groups in total. The van der Waals surface area contributed by atoms with Gasteiger partial charge in [-0.15, -0.1) is 10.2 Å². The van der Waals surface area contributed by atoms with Crippen LogP contribution in [0.5, 0.6) is 0 Å². The molecule has 152 valence electrons. The van der Waals surface area contributed by atoms with Crippen LogP contribution in [0.3, 0.4) is 0 Å². The van der Waals surface area contributed by atoms with E-state index in [0.717, 1.165) is 12.1 Å². The van der Waals surface area contributed by atoms with Crippen LogP contribution in [-0.2, 0) is 14.9 Å². The molecule has 0 atom stereocenters. The van der Waals surface area contributed by atoms with E-state index in [1.807, 2.05) is 0 Å². The summed E-state index contributed by atoms with van der Waals surface area (Å²) in [4.78, 5) is 22.1. The smallest absolute Gasteiger partial charge is 0.295 e. The quantitative estimate of drug-likeness (QED) is 0.236. The summed E-state index contributed by atoms with van der Waals surface area (Å²) < 4.78 is 32.4. The van der Waals surface area contributed by atoms with Crippen LogP contribution in [0.15, 0.2) is 68.9 Å². The molecule has 0 heterocycles. The number of para-hydroxylation sites is 1. The van der Waals surface area contributed by atoms with Crippen molar-refractivity contribution in [2.24, 2.45) is 10.2 Å². The Morgan fingerprint density at radius 2 is 1.79 bits per heavy atom. The number of azo groups is 1. The Morgan fingerprint density at radius 3 is 2.31 bits per heavy atom. The largest absolute Gasteiger partial charge is 0.321 e. The zero-order valence-electron chi connectivity index (χ0n) is 15.8. The Hall–Kier alpha value is -3.44. The standard InChI is InChI=1S/C18H18N4O6S/c1-11(2)17(18(23)19-13-7-5-4-6-8-13)21-20-15-9-14(22(24)25)10-16(12(15)3)29(26,27)28/h4-10H,1-3H3,(H,19,23)(H,26,27,28)/b21-20+. The van der Waals surface area contributed by atoms with Crippen LogP contribution in [0.25, 0.3) is 0 Å². The van der Waals surface area contributed by atoms with Gasteiger partial charge < -0.3 is 5.32 Å². The number of rotatable bonds is 6. The third kappa shape index (κ3) is 5.53. The van der Waals surface area contributed by atoms with E-state index in [1.165, 1.54) is 6.92 Å². The summed E-state index contributed by atoms with van der Waals surface area (Å²) in [6.45, 7) is 4.57. The number of nitrogens with zero attached hydrogens (tertiary/aromatic N) is 3. The molecular formula is C18H18N4O6S. The molecule has 0 aliphatic heterocycles. The van der Waals surface area contributed by atoms with Crippen LogP contribution in [0.1, 0.15) is 19.4 Å². The fourth-order valence-corrected chi connectivity index (χ4v) is 3.09. The van der Waals surface area contributed by atoms with Gasteiger partial charge in [-0.3, -0.25) is 19.5 Å². The van der Waals surface area contributed by atoms with Gasteiger partial charge in [-0.2, -0.15) is 8.42 Å². The molecule has 0 aliphatic rings. The van der Waals surface area contributed by atoms with Gasteiger partial charge in [0.25, 0.3) is 21.7 Å². The molecule has 2 rings (SSSR count). The van der Waals surface area contributed by atoms with E-state index in [4.69, 9.17) is 0 Å². The first kappa shape index (κ1) is 21.9. The van der Waals surface area contributed by atoms with E-state index in [0.29, 0.717) is 11.3 Å². The van der Waals surface area contributed by atoms with E-state index < -0.39 is 31.5 Å². The summed E-state index contributed by atoms with van der Waals surface area (Å²) >= 11 is 0. The highest BCUT2D eigenvalue weighted by Gasteiger charge is 2.22. The third-order valence-corrected chi connectivity index (χ3v) is 4.76. The fourth-order valence-electron chi connectivity index (χ4n) is 2.32. The number of allylic oxidation sites excluding steroid dienone is 1. The molecule has 10 nitrogen and oxygen atoms in total. The van der Waals surface area contributed by atoms with E-state index in [9.17, 15) is 27.9 Å². The summed E-state index contributed by atoms with van der Waals surface area (Å²) in [5.41, 5.74) is 0.196.